The fourth-order valence-electron chi connectivity index (χ4n) is 1.69. The molecule has 1 saturated carbocycles. The maximum Gasteiger partial charge on any atom is 0.263 e. The van der Waals surface area contributed by atoms with Crippen molar-refractivity contribution in [3.05, 3.63) is 4.88 Å². The van der Waals surface area contributed by atoms with Crippen LogP contribution in [0.5, 0.6) is 0 Å². The van der Waals surface area contributed by atoms with Crippen LogP contribution in [0, 0.1) is 0 Å². The molecule has 106 valence electrons. The van der Waals surface area contributed by atoms with E-state index in [2.05, 4.69) is 10.6 Å². The van der Waals surface area contributed by atoms with Crippen molar-refractivity contribution in [1.82, 2.24) is 5.32 Å². The first-order chi connectivity index (χ1) is 8.90. The molecule has 0 aliphatic heterocycles. The quantitative estimate of drug-likeness (QED) is 0.755. The van der Waals surface area contributed by atoms with Crippen LogP contribution in [0.15, 0.2) is 4.90 Å². The third-order valence-corrected chi connectivity index (χ3v) is 6.09. The van der Waals surface area contributed by atoms with Crippen molar-refractivity contribution in [2.75, 3.05) is 23.9 Å². The molecule has 4 N–H and O–H groups in total. The lowest BCUT2D eigenvalue weighted by molar-refractivity contribution is 0.0956. The van der Waals surface area contributed by atoms with Gasteiger partial charge in [0.15, 0.2) is 9.84 Å². The van der Waals surface area contributed by atoms with E-state index in [4.69, 9.17) is 5.73 Å². The van der Waals surface area contributed by atoms with Crippen LogP contribution in [-0.4, -0.2) is 33.2 Å². The van der Waals surface area contributed by atoms with Gasteiger partial charge in [-0.2, -0.15) is 0 Å². The summed E-state index contributed by atoms with van der Waals surface area (Å²) >= 11 is 1.08. The van der Waals surface area contributed by atoms with E-state index in [0.29, 0.717) is 5.00 Å². The van der Waals surface area contributed by atoms with E-state index in [9.17, 15) is 13.2 Å². The van der Waals surface area contributed by atoms with Crippen LogP contribution in [0.25, 0.3) is 0 Å². The molecule has 0 radical (unpaired) electrons. The summed E-state index contributed by atoms with van der Waals surface area (Å²) in [5.74, 6) is -0.342. The van der Waals surface area contributed by atoms with Gasteiger partial charge < -0.3 is 16.4 Å². The van der Waals surface area contributed by atoms with Crippen molar-refractivity contribution in [3.8, 4) is 0 Å². The number of nitrogens with two attached hydrogens (primary N) is 1. The number of hydrogen-bond donors (Lipinski definition) is 3. The molecule has 0 atom stereocenters. The Hall–Kier alpha value is -1.28. The number of nitrogens with one attached hydrogen (secondary N) is 2. The third-order valence-electron chi connectivity index (χ3n) is 2.94. The Morgan fingerprint density at radius 2 is 2.11 bits per heavy atom. The molecule has 0 aromatic carbocycles. The number of thiophene rings is 1. The van der Waals surface area contributed by atoms with Crippen LogP contribution in [-0.2, 0) is 9.84 Å². The molecule has 6 nitrogen and oxygen atoms in total. The molecule has 19 heavy (non-hydrogen) atoms. The highest BCUT2D eigenvalue weighted by atomic mass is 32.2. The summed E-state index contributed by atoms with van der Waals surface area (Å²) in [4.78, 5) is 12.3. The largest absolute Gasteiger partial charge is 0.396 e. The molecule has 1 aromatic heterocycles. The van der Waals surface area contributed by atoms with Crippen LogP contribution in [0.3, 0.4) is 0 Å². The third kappa shape index (κ3) is 2.69. The second-order valence-corrected chi connectivity index (χ2v) is 7.64. The van der Waals surface area contributed by atoms with Crippen molar-refractivity contribution in [2.24, 2.45) is 0 Å². The van der Waals surface area contributed by atoms with Crippen LogP contribution < -0.4 is 16.4 Å². The van der Waals surface area contributed by atoms with Gasteiger partial charge in [-0.25, -0.2) is 8.42 Å². The minimum atomic E-state index is -3.45. The molecule has 0 unspecified atom stereocenters. The van der Waals surface area contributed by atoms with Crippen molar-refractivity contribution >= 4 is 37.8 Å². The van der Waals surface area contributed by atoms with E-state index in [-0.39, 0.29) is 33.2 Å². The molecule has 1 aliphatic rings. The van der Waals surface area contributed by atoms with Crippen LogP contribution in [0.4, 0.5) is 10.7 Å². The molecule has 0 saturated heterocycles. The van der Waals surface area contributed by atoms with Crippen LogP contribution >= 0.6 is 11.3 Å². The molecule has 1 fully saturated rings. The highest BCUT2D eigenvalue weighted by Gasteiger charge is 2.30. The molecule has 1 aliphatic carbocycles. The molecule has 1 amide bonds. The summed E-state index contributed by atoms with van der Waals surface area (Å²) in [6.07, 6.45) is 1.94. The number of carbonyl (C=O) groups excluding carboxylic acids is 1. The molecule has 1 aromatic rings. The van der Waals surface area contributed by atoms with E-state index in [1.54, 1.807) is 14.0 Å². The van der Waals surface area contributed by atoms with Gasteiger partial charge in [-0.05, 0) is 12.8 Å². The average molecular weight is 303 g/mol. The first-order valence-electron chi connectivity index (χ1n) is 6.04. The van der Waals surface area contributed by atoms with E-state index in [0.717, 1.165) is 24.2 Å². The molecule has 0 spiro atoms. The topological polar surface area (TPSA) is 101 Å². The van der Waals surface area contributed by atoms with Gasteiger partial charge in [0.25, 0.3) is 5.91 Å². The average Bonchev–Trinajstić information content (AvgIpc) is 3.10. The zero-order valence-corrected chi connectivity index (χ0v) is 12.5. The first kappa shape index (κ1) is 14.1. The Balaban J connectivity index is 2.44. The summed E-state index contributed by atoms with van der Waals surface area (Å²) < 4.78 is 24.1. The SMILES string of the molecule is CCS(=O)(=O)c1c(NC)sc(C(=O)NC2CC2)c1N. The summed E-state index contributed by atoms with van der Waals surface area (Å²) in [7, 11) is -1.84. The Morgan fingerprint density at radius 3 is 2.58 bits per heavy atom. The molecule has 0 bridgehead atoms. The molecule has 1 heterocycles. The van der Waals surface area contributed by atoms with Gasteiger partial charge in [0, 0.05) is 13.1 Å². The van der Waals surface area contributed by atoms with Gasteiger partial charge >= 0.3 is 0 Å². The number of sulfone groups is 1. The number of hydrogen-bond acceptors (Lipinski definition) is 6. The summed E-state index contributed by atoms with van der Waals surface area (Å²) in [5, 5.41) is 6.03. The Morgan fingerprint density at radius 1 is 1.47 bits per heavy atom. The predicted molar refractivity (Wildman–Crippen MR) is 76.5 cm³/mol. The first-order valence-corrected chi connectivity index (χ1v) is 8.51. The van der Waals surface area contributed by atoms with Crippen molar-refractivity contribution in [1.29, 1.82) is 0 Å². The van der Waals surface area contributed by atoms with Crippen LogP contribution in [0.1, 0.15) is 29.4 Å². The highest BCUT2D eigenvalue weighted by molar-refractivity contribution is 7.91. The second kappa shape index (κ2) is 5.01. The Labute approximate surface area is 116 Å². The van der Waals surface area contributed by atoms with Gasteiger partial charge in [-0.3, -0.25) is 4.79 Å². The maximum absolute atomic E-state index is 12.0. The van der Waals surface area contributed by atoms with Gasteiger partial charge in [0.05, 0.1) is 11.4 Å². The minimum Gasteiger partial charge on any atom is -0.396 e. The number of amides is 1. The summed E-state index contributed by atoms with van der Waals surface area (Å²) in [6, 6.07) is 0.207. The number of rotatable bonds is 5. The fraction of sp³-hybridized carbons (Fsp3) is 0.545. The predicted octanol–water partition coefficient (Wildman–Crippen LogP) is 1.06. The van der Waals surface area contributed by atoms with E-state index in [1.165, 1.54) is 0 Å². The number of anilines is 2. The number of nitrogen functional groups attached to an aromatic ring is 1. The monoisotopic (exact) mass is 303 g/mol. The van der Waals surface area contributed by atoms with Crippen LogP contribution in [0.2, 0.25) is 0 Å². The zero-order valence-electron chi connectivity index (χ0n) is 10.8. The minimum absolute atomic E-state index is 0.0449. The highest BCUT2D eigenvalue weighted by Crippen LogP contribution is 2.39. The molecule has 2 rings (SSSR count). The van der Waals surface area contributed by atoms with Crippen molar-refractivity contribution in [3.63, 3.8) is 0 Å². The van der Waals surface area contributed by atoms with Crippen molar-refractivity contribution < 1.29 is 13.2 Å². The second-order valence-electron chi connectivity index (χ2n) is 4.40. The lowest BCUT2D eigenvalue weighted by Gasteiger charge is -2.04. The summed E-state index contributed by atoms with van der Waals surface area (Å²) in [6.45, 7) is 1.55. The molecular weight excluding hydrogens is 286 g/mol. The van der Waals surface area contributed by atoms with E-state index < -0.39 is 9.84 Å². The van der Waals surface area contributed by atoms with Gasteiger partial charge in [0.2, 0.25) is 0 Å². The normalized spacial score (nSPS) is 15.3. The van der Waals surface area contributed by atoms with E-state index >= 15 is 0 Å². The Kier molecular flexibility index (Phi) is 3.73. The van der Waals surface area contributed by atoms with Gasteiger partial charge in [-0.1, -0.05) is 6.92 Å². The standard InChI is InChI=1S/C11H17N3O3S2/c1-3-19(16,17)9-7(12)8(18-11(9)13-2)10(15)14-6-4-5-6/h6,13H,3-5,12H2,1-2H3,(H,14,15). The maximum atomic E-state index is 12.0. The smallest absolute Gasteiger partial charge is 0.263 e. The lowest BCUT2D eigenvalue weighted by atomic mass is 10.3. The number of carbonyl (C=O) groups is 1. The van der Waals surface area contributed by atoms with Crippen molar-refractivity contribution in [2.45, 2.75) is 30.7 Å². The Bertz CT molecular complexity index is 603. The van der Waals surface area contributed by atoms with E-state index in [1.807, 2.05) is 0 Å². The summed E-state index contributed by atoms with van der Waals surface area (Å²) in [5.41, 5.74) is 5.92. The lowest BCUT2D eigenvalue weighted by Crippen LogP contribution is -2.25. The van der Waals surface area contributed by atoms with Gasteiger partial charge in [0.1, 0.15) is 14.8 Å². The molecule has 8 heteroatoms. The van der Waals surface area contributed by atoms with Gasteiger partial charge in [-0.15, -0.1) is 11.3 Å². The molecular formula is C11H17N3O3S2. The zero-order chi connectivity index (χ0) is 14.2. The fourth-order valence-corrected chi connectivity index (χ4v) is 4.25.